The molecule has 0 N–H and O–H groups in total. The Bertz CT molecular complexity index is 547. The highest BCUT2D eigenvalue weighted by molar-refractivity contribution is 7.92. The molecular weight excluding hydrogens is 316 g/mol. The topological polar surface area (TPSA) is 66.9 Å². The van der Waals surface area contributed by atoms with Crippen LogP contribution in [-0.2, 0) is 19.4 Å². The quantitative estimate of drug-likeness (QED) is 0.752. The smallest absolute Gasteiger partial charge is 0.223 e. The van der Waals surface area contributed by atoms with Crippen molar-refractivity contribution in [2.24, 2.45) is 5.41 Å². The molecule has 134 valence electrons. The zero-order chi connectivity index (χ0) is 17.5. The highest BCUT2D eigenvalue weighted by Crippen LogP contribution is 2.34. The van der Waals surface area contributed by atoms with Crippen molar-refractivity contribution in [3.8, 4) is 0 Å². The van der Waals surface area contributed by atoms with E-state index in [1.54, 1.807) is 4.90 Å². The summed E-state index contributed by atoms with van der Waals surface area (Å²) in [6.07, 6.45) is 0.472. The molecule has 23 heavy (non-hydrogen) atoms. The van der Waals surface area contributed by atoms with Gasteiger partial charge in [0.1, 0.15) is 5.60 Å². The fourth-order valence-corrected chi connectivity index (χ4v) is 5.11. The Kier molecular flexibility index (Phi) is 5.14. The molecule has 2 heterocycles. The van der Waals surface area contributed by atoms with Crippen LogP contribution in [0.25, 0.3) is 0 Å². The van der Waals surface area contributed by atoms with Crippen molar-refractivity contribution in [2.45, 2.75) is 45.0 Å². The van der Waals surface area contributed by atoms with Crippen LogP contribution in [0.15, 0.2) is 0 Å². The van der Waals surface area contributed by atoms with E-state index in [2.05, 4.69) is 0 Å². The number of ether oxygens (including phenoxy) is 1. The first-order valence-corrected chi connectivity index (χ1v) is 10.00. The molecule has 0 aliphatic carbocycles. The second kappa shape index (κ2) is 6.33. The fourth-order valence-electron chi connectivity index (χ4n) is 3.12. The third-order valence-electron chi connectivity index (χ3n) is 4.59. The maximum absolute atomic E-state index is 12.5. The van der Waals surface area contributed by atoms with Gasteiger partial charge in [-0.05, 0) is 19.0 Å². The largest absolute Gasteiger partial charge is 0.369 e. The third kappa shape index (κ3) is 4.45. The number of carbonyl (C=O) groups is 1. The second-order valence-electron chi connectivity index (χ2n) is 8.27. The number of hydrogen-bond acceptors (Lipinski definition) is 5. The van der Waals surface area contributed by atoms with Gasteiger partial charge in [-0.3, -0.25) is 4.79 Å². The van der Waals surface area contributed by atoms with E-state index in [1.165, 1.54) is 0 Å². The monoisotopic (exact) mass is 346 g/mol. The van der Waals surface area contributed by atoms with Crippen molar-refractivity contribution in [3.05, 3.63) is 0 Å². The van der Waals surface area contributed by atoms with Gasteiger partial charge in [0.2, 0.25) is 5.91 Å². The maximum Gasteiger partial charge on any atom is 0.223 e. The number of likely N-dealkylation sites (tertiary alicyclic amines) is 1. The van der Waals surface area contributed by atoms with Crippen molar-refractivity contribution in [1.82, 2.24) is 9.80 Å². The molecule has 2 rings (SSSR count). The molecule has 0 saturated carbocycles. The van der Waals surface area contributed by atoms with Gasteiger partial charge in [0.15, 0.2) is 9.84 Å². The summed E-state index contributed by atoms with van der Waals surface area (Å²) < 4.78 is 31.0. The Balaban J connectivity index is 1.93. The molecule has 1 amide bonds. The lowest BCUT2D eigenvalue weighted by atomic mass is 9.89. The molecule has 0 bridgehead atoms. The minimum atomic E-state index is -3.19. The summed E-state index contributed by atoms with van der Waals surface area (Å²) >= 11 is 0. The van der Waals surface area contributed by atoms with E-state index < -0.39 is 20.7 Å². The molecular formula is C16H30N2O4S. The zero-order valence-corrected chi connectivity index (χ0v) is 15.8. The van der Waals surface area contributed by atoms with Crippen molar-refractivity contribution in [1.29, 1.82) is 0 Å². The van der Waals surface area contributed by atoms with Crippen molar-refractivity contribution < 1.29 is 17.9 Å². The highest BCUT2D eigenvalue weighted by Gasteiger charge is 2.53. The summed E-state index contributed by atoms with van der Waals surface area (Å²) in [7, 11) is -1.27. The molecule has 2 fully saturated rings. The van der Waals surface area contributed by atoms with Crippen LogP contribution in [0.3, 0.4) is 0 Å². The maximum atomic E-state index is 12.5. The Labute approximate surface area is 140 Å². The van der Waals surface area contributed by atoms with Gasteiger partial charge in [-0.1, -0.05) is 27.7 Å². The summed E-state index contributed by atoms with van der Waals surface area (Å²) in [6, 6.07) is 0. The molecule has 0 aromatic heterocycles. The molecule has 0 aromatic carbocycles. The minimum absolute atomic E-state index is 0.0293. The van der Waals surface area contributed by atoms with E-state index in [0.29, 0.717) is 26.1 Å². The van der Waals surface area contributed by atoms with Crippen LogP contribution < -0.4 is 0 Å². The number of hydrogen-bond donors (Lipinski definition) is 0. The van der Waals surface area contributed by atoms with Crippen LogP contribution >= 0.6 is 0 Å². The van der Waals surface area contributed by atoms with Gasteiger partial charge in [-0.25, -0.2) is 8.42 Å². The van der Waals surface area contributed by atoms with Crippen LogP contribution in [0.1, 0.15) is 34.1 Å². The fraction of sp³-hybridized carbons (Fsp3) is 0.938. The first kappa shape index (κ1) is 18.7. The molecule has 6 nitrogen and oxygen atoms in total. The number of nitrogens with zero attached hydrogens (tertiary/aromatic N) is 2. The van der Waals surface area contributed by atoms with E-state index in [1.807, 2.05) is 39.6 Å². The molecule has 7 heteroatoms. The van der Waals surface area contributed by atoms with E-state index in [4.69, 9.17) is 4.74 Å². The molecule has 0 radical (unpaired) electrons. The molecule has 2 aliphatic rings. The Hall–Kier alpha value is -0.660. The number of carbonyl (C=O) groups excluding carboxylic acids is 1. The van der Waals surface area contributed by atoms with Crippen molar-refractivity contribution in [2.75, 3.05) is 45.6 Å². The molecule has 0 aromatic rings. The number of sulfone groups is 1. The molecule has 2 aliphatic heterocycles. The number of rotatable bonds is 4. The van der Waals surface area contributed by atoms with Gasteiger partial charge in [0.25, 0.3) is 0 Å². The summed E-state index contributed by atoms with van der Waals surface area (Å²) in [5, 5.41) is -0.461. The molecule has 1 atom stereocenters. The van der Waals surface area contributed by atoms with Crippen LogP contribution in [0.2, 0.25) is 0 Å². The van der Waals surface area contributed by atoms with Crippen molar-refractivity contribution >= 4 is 15.7 Å². The lowest BCUT2D eigenvalue weighted by Crippen LogP contribution is -2.71. The lowest BCUT2D eigenvalue weighted by Gasteiger charge is -2.52. The van der Waals surface area contributed by atoms with Gasteiger partial charge in [-0.2, -0.15) is 0 Å². The first-order valence-electron chi connectivity index (χ1n) is 8.28. The van der Waals surface area contributed by atoms with E-state index in [9.17, 15) is 13.2 Å². The summed E-state index contributed by atoms with van der Waals surface area (Å²) in [5.41, 5.74) is -0.733. The third-order valence-corrected chi connectivity index (χ3v) is 6.82. The van der Waals surface area contributed by atoms with Crippen LogP contribution in [0.5, 0.6) is 0 Å². The lowest BCUT2D eigenvalue weighted by molar-refractivity contribution is -0.166. The minimum Gasteiger partial charge on any atom is -0.369 e. The van der Waals surface area contributed by atoms with E-state index in [0.717, 1.165) is 6.54 Å². The number of amides is 1. The highest BCUT2D eigenvalue weighted by atomic mass is 32.2. The normalized spacial score (nSPS) is 26.3. The van der Waals surface area contributed by atoms with E-state index in [-0.39, 0.29) is 23.7 Å². The van der Waals surface area contributed by atoms with Gasteiger partial charge in [0.05, 0.1) is 30.7 Å². The Morgan fingerprint density at radius 3 is 2.43 bits per heavy atom. The van der Waals surface area contributed by atoms with Gasteiger partial charge >= 0.3 is 0 Å². The first-order chi connectivity index (χ1) is 10.5. The van der Waals surface area contributed by atoms with E-state index >= 15 is 0 Å². The van der Waals surface area contributed by atoms with Crippen molar-refractivity contribution in [3.63, 3.8) is 0 Å². The summed E-state index contributed by atoms with van der Waals surface area (Å²) in [6.45, 7) is 10.4. The van der Waals surface area contributed by atoms with Crippen LogP contribution in [-0.4, -0.2) is 80.6 Å². The average Bonchev–Trinajstić information content (AvgIpc) is 2.35. The van der Waals surface area contributed by atoms with Gasteiger partial charge in [0, 0.05) is 13.0 Å². The summed E-state index contributed by atoms with van der Waals surface area (Å²) in [4.78, 5) is 15.9. The summed E-state index contributed by atoms with van der Waals surface area (Å²) in [5.74, 6) is 0.110. The Morgan fingerprint density at radius 1 is 1.35 bits per heavy atom. The molecule has 2 saturated heterocycles. The SMILES string of the molecule is CCN(C)C[C@H]1COC2(CN(C(=O)CC(C)(C)C)C2)CS1(=O)=O. The second-order valence-corrected chi connectivity index (χ2v) is 10.5. The zero-order valence-electron chi connectivity index (χ0n) is 15.0. The van der Waals surface area contributed by atoms with Gasteiger partial charge < -0.3 is 14.5 Å². The molecule has 1 spiro atoms. The Morgan fingerprint density at radius 2 is 1.96 bits per heavy atom. The van der Waals surface area contributed by atoms with Gasteiger partial charge in [-0.15, -0.1) is 0 Å². The predicted molar refractivity (Wildman–Crippen MR) is 90.1 cm³/mol. The predicted octanol–water partition coefficient (Wildman–Crippen LogP) is 0.769. The molecule has 0 unspecified atom stereocenters. The standard InChI is InChI=1S/C16H30N2O4S/c1-6-17(5)8-13-9-22-16(12-23(13,20)21)10-18(11-16)14(19)7-15(2,3)4/h13H,6-12H2,1-5H3/t13-/m0/s1. The van der Waals surface area contributed by atoms with Crippen LogP contribution in [0, 0.1) is 5.41 Å². The van der Waals surface area contributed by atoms with Crippen LogP contribution in [0.4, 0.5) is 0 Å². The average molecular weight is 346 g/mol.